The van der Waals surface area contributed by atoms with Crippen LogP contribution >= 0.6 is 0 Å². The SMILES string of the molecule is Cc1ncccc1C(=O)N[C@H](C(=O)O)C(C)(C)C. The summed E-state index contributed by atoms with van der Waals surface area (Å²) in [4.78, 5) is 27.2. The van der Waals surface area contributed by atoms with E-state index in [4.69, 9.17) is 5.11 Å². The Morgan fingerprint density at radius 3 is 2.44 bits per heavy atom. The van der Waals surface area contributed by atoms with Gasteiger partial charge in [-0.3, -0.25) is 9.78 Å². The molecule has 5 heteroatoms. The lowest BCUT2D eigenvalue weighted by Crippen LogP contribution is -2.49. The molecule has 98 valence electrons. The molecule has 0 aliphatic heterocycles. The van der Waals surface area contributed by atoms with Crippen LogP contribution < -0.4 is 5.32 Å². The van der Waals surface area contributed by atoms with Crippen LogP contribution in [0.3, 0.4) is 0 Å². The summed E-state index contributed by atoms with van der Waals surface area (Å²) in [6.07, 6.45) is 1.59. The number of carbonyl (C=O) groups excluding carboxylic acids is 1. The second kappa shape index (κ2) is 5.16. The summed E-state index contributed by atoms with van der Waals surface area (Å²) in [5.74, 6) is -1.46. The van der Waals surface area contributed by atoms with Gasteiger partial charge in [-0.25, -0.2) is 4.79 Å². The lowest BCUT2D eigenvalue weighted by molar-refractivity contribution is -0.142. The van der Waals surface area contributed by atoms with Gasteiger partial charge >= 0.3 is 5.97 Å². The van der Waals surface area contributed by atoms with Crippen LogP contribution in [-0.4, -0.2) is 28.0 Å². The summed E-state index contributed by atoms with van der Waals surface area (Å²) in [5, 5.41) is 11.7. The number of aryl methyl sites for hydroxylation is 1. The molecule has 1 aromatic rings. The second-order valence-electron chi connectivity index (χ2n) is 5.25. The van der Waals surface area contributed by atoms with E-state index in [1.54, 1.807) is 46.0 Å². The number of rotatable bonds is 3. The lowest BCUT2D eigenvalue weighted by atomic mass is 9.86. The van der Waals surface area contributed by atoms with Gasteiger partial charge in [0.25, 0.3) is 5.91 Å². The maximum atomic E-state index is 12.0. The molecule has 0 unspecified atom stereocenters. The van der Waals surface area contributed by atoms with E-state index in [2.05, 4.69) is 10.3 Å². The van der Waals surface area contributed by atoms with Crippen molar-refractivity contribution in [1.82, 2.24) is 10.3 Å². The smallest absolute Gasteiger partial charge is 0.326 e. The van der Waals surface area contributed by atoms with E-state index in [1.165, 1.54) is 0 Å². The molecule has 0 aromatic carbocycles. The van der Waals surface area contributed by atoms with Gasteiger partial charge in [-0.05, 0) is 24.5 Å². The summed E-state index contributed by atoms with van der Waals surface area (Å²) >= 11 is 0. The Labute approximate surface area is 106 Å². The maximum Gasteiger partial charge on any atom is 0.326 e. The molecule has 0 fully saturated rings. The average Bonchev–Trinajstić information content (AvgIpc) is 2.24. The normalized spacial score (nSPS) is 12.9. The standard InChI is InChI=1S/C13H18N2O3/c1-8-9(6-5-7-14-8)11(16)15-10(12(17)18)13(2,3)4/h5-7,10H,1-4H3,(H,15,16)(H,17,18)/t10-/m1/s1. The number of carboxylic acid groups (broad SMARTS) is 1. The fourth-order valence-electron chi connectivity index (χ4n) is 1.58. The Kier molecular flexibility index (Phi) is 4.06. The molecule has 1 aromatic heterocycles. The largest absolute Gasteiger partial charge is 0.480 e. The Balaban J connectivity index is 2.93. The predicted octanol–water partition coefficient (Wildman–Crippen LogP) is 1.62. The number of hydrogen-bond acceptors (Lipinski definition) is 3. The summed E-state index contributed by atoms with van der Waals surface area (Å²) in [6, 6.07) is 2.33. The molecule has 0 saturated carbocycles. The van der Waals surface area contributed by atoms with Crippen molar-refractivity contribution in [2.24, 2.45) is 5.41 Å². The highest BCUT2D eigenvalue weighted by Crippen LogP contribution is 2.20. The Morgan fingerprint density at radius 1 is 1.39 bits per heavy atom. The minimum absolute atomic E-state index is 0.396. The molecular formula is C13H18N2O3. The highest BCUT2D eigenvalue weighted by atomic mass is 16.4. The maximum absolute atomic E-state index is 12.0. The van der Waals surface area contributed by atoms with Gasteiger partial charge in [0, 0.05) is 11.9 Å². The first kappa shape index (κ1) is 14.2. The highest BCUT2D eigenvalue weighted by Gasteiger charge is 2.33. The third-order valence-electron chi connectivity index (χ3n) is 2.64. The summed E-state index contributed by atoms with van der Waals surface area (Å²) < 4.78 is 0. The highest BCUT2D eigenvalue weighted by molar-refractivity contribution is 5.97. The van der Waals surface area contributed by atoms with E-state index in [0.717, 1.165) is 0 Å². The Bertz CT molecular complexity index is 464. The zero-order chi connectivity index (χ0) is 13.9. The number of nitrogens with zero attached hydrogens (tertiary/aromatic N) is 1. The van der Waals surface area contributed by atoms with Gasteiger partial charge in [0.15, 0.2) is 0 Å². The topological polar surface area (TPSA) is 79.3 Å². The van der Waals surface area contributed by atoms with Crippen LogP contribution in [0.5, 0.6) is 0 Å². The van der Waals surface area contributed by atoms with Crippen molar-refractivity contribution in [2.75, 3.05) is 0 Å². The number of aromatic nitrogens is 1. The van der Waals surface area contributed by atoms with Crippen molar-refractivity contribution in [2.45, 2.75) is 33.7 Å². The first-order valence-corrected chi connectivity index (χ1v) is 5.69. The fourth-order valence-corrected chi connectivity index (χ4v) is 1.58. The number of hydrogen-bond donors (Lipinski definition) is 2. The number of nitrogens with one attached hydrogen (secondary N) is 1. The molecule has 0 spiro atoms. The van der Waals surface area contributed by atoms with Crippen LogP contribution in [0.2, 0.25) is 0 Å². The van der Waals surface area contributed by atoms with E-state index in [0.29, 0.717) is 11.3 Å². The first-order valence-electron chi connectivity index (χ1n) is 5.69. The predicted molar refractivity (Wildman–Crippen MR) is 67.3 cm³/mol. The van der Waals surface area contributed by atoms with Crippen molar-refractivity contribution < 1.29 is 14.7 Å². The van der Waals surface area contributed by atoms with Crippen LogP contribution in [0.4, 0.5) is 0 Å². The molecule has 0 saturated heterocycles. The molecular weight excluding hydrogens is 232 g/mol. The molecule has 0 aliphatic rings. The van der Waals surface area contributed by atoms with E-state index in [9.17, 15) is 9.59 Å². The van der Waals surface area contributed by atoms with Gasteiger partial charge in [-0.2, -0.15) is 0 Å². The third kappa shape index (κ3) is 3.29. The van der Waals surface area contributed by atoms with Gasteiger partial charge in [0.05, 0.1) is 5.56 Å². The third-order valence-corrected chi connectivity index (χ3v) is 2.64. The van der Waals surface area contributed by atoms with Crippen LogP contribution in [0.1, 0.15) is 36.8 Å². The number of amides is 1. The number of aliphatic carboxylic acids is 1. The molecule has 18 heavy (non-hydrogen) atoms. The van der Waals surface area contributed by atoms with Crippen molar-refractivity contribution in [3.63, 3.8) is 0 Å². The van der Waals surface area contributed by atoms with Gasteiger partial charge in [-0.1, -0.05) is 20.8 Å². The molecule has 0 radical (unpaired) electrons. The first-order chi connectivity index (χ1) is 8.23. The van der Waals surface area contributed by atoms with Crippen LogP contribution in [0.15, 0.2) is 18.3 Å². The second-order valence-corrected chi connectivity index (χ2v) is 5.25. The van der Waals surface area contributed by atoms with Crippen LogP contribution in [-0.2, 0) is 4.79 Å². The molecule has 0 aliphatic carbocycles. The monoisotopic (exact) mass is 250 g/mol. The van der Waals surface area contributed by atoms with E-state index < -0.39 is 23.3 Å². The minimum Gasteiger partial charge on any atom is -0.480 e. The van der Waals surface area contributed by atoms with Crippen molar-refractivity contribution in [3.8, 4) is 0 Å². The van der Waals surface area contributed by atoms with Crippen molar-refractivity contribution >= 4 is 11.9 Å². The van der Waals surface area contributed by atoms with Crippen molar-refractivity contribution in [3.05, 3.63) is 29.6 Å². The molecule has 0 bridgehead atoms. The summed E-state index contributed by atoms with van der Waals surface area (Å²) in [5.41, 5.74) is 0.415. The fraction of sp³-hybridized carbons (Fsp3) is 0.462. The minimum atomic E-state index is -1.04. The molecule has 1 atom stereocenters. The van der Waals surface area contributed by atoms with Crippen molar-refractivity contribution in [1.29, 1.82) is 0 Å². The molecule has 1 amide bonds. The number of pyridine rings is 1. The van der Waals surface area contributed by atoms with Crippen LogP contribution in [0, 0.1) is 12.3 Å². The summed E-state index contributed by atoms with van der Waals surface area (Å²) in [6.45, 7) is 7.01. The Hall–Kier alpha value is -1.91. The van der Waals surface area contributed by atoms with Crippen LogP contribution in [0.25, 0.3) is 0 Å². The summed E-state index contributed by atoms with van der Waals surface area (Å²) in [7, 11) is 0. The van der Waals surface area contributed by atoms with Gasteiger partial charge in [0.1, 0.15) is 6.04 Å². The van der Waals surface area contributed by atoms with Gasteiger partial charge in [0.2, 0.25) is 0 Å². The Morgan fingerprint density at radius 2 is 2.00 bits per heavy atom. The zero-order valence-electron chi connectivity index (χ0n) is 11.0. The quantitative estimate of drug-likeness (QED) is 0.854. The molecule has 1 heterocycles. The lowest BCUT2D eigenvalue weighted by Gasteiger charge is -2.27. The van der Waals surface area contributed by atoms with E-state index in [-0.39, 0.29) is 0 Å². The number of carbonyl (C=O) groups is 2. The molecule has 2 N–H and O–H groups in total. The molecule has 5 nitrogen and oxygen atoms in total. The van der Waals surface area contributed by atoms with E-state index in [1.807, 2.05) is 0 Å². The zero-order valence-corrected chi connectivity index (χ0v) is 11.0. The number of carboxylic acids is 1. The van der Waals surface area contributed by atoms with E-state index >= 15 is 0 Å². The average molecular weight is 250 g/mol. The van der Waals surface area contributed by atoms with Gasteiger partial charge in [-0.15, -0.1) is 0 Å². The molecule has 1 rings (SSSR count). The van der Waals surface area contributed by atoms with Gasteiger partial charge < -0.3 is 10.4 Å².